The lowest BCUT2D eigenvalue weighted by Crippen LogP contribution is -2.07. The number of hydrogen-bond donors (Lipinski definition) is 1. The predicted molar refractivity (Wildman–Crippen MR) is 131 cm³/mol. The van der Waals surface area contributed by atoms with Crippen molar-refractivity contribution in [2.75, 3.05) is 0 Å². The van der Waals surface area contributed by atoms with E-state index in [9.17, 15) is 0 Å². The molecular weight excluding hydrogens is 410 g/mol. The van der Waals surface area contributed by atoms with Crippen molar-refractivity contribution < 1.29 is 9.47 Å². The third-order valence-corrected chi connectivity index (χ3v) is 5.26. The fraction of sp³-hybridized carbons (Fsp3) is 0.143. The molecule has 5 heteroatoms. The summed E-state index contributed by atoms with van der Waals surface area (Å²) in [6.07, 6.45) is 1.87. The van der Waals surface area contributed by atoms with Gasteiger partial charge in [0.1, 0.15) is 23.9 Å². The number of hydrogen-bond acceptors (Lipinski definition) is 4. The number of fused-ring (bicyclic) bond motifs is 1. The molecule has 0 spiro atoms. The molecule has 0 saturated carbocycles. The molecule has 0 aliphatic rings. The summed E-state index contributed by atoms with van der Waals surface area (Å²) in [5.74, 6) is 2.18. The summed E-state index contributed by atoms with van der Waals surface area (Å²) in [6.45, 7) is 4.51. The monoisotopic (exact) mass is 435 g/mol. The third kappa shape index (κ3) is 4.72. The SMILES string of the molecule is CC(C)Oc1cc(OCc2ccccc2)ccc1-c1nc2ncc(-c3ccccc3)cc2[nH]1. The van der Waals surface area contributed by atoms with Crippen LogP contribution < -0.4 is 9.47 Å². The van der Waals surface area contributed by atoms with Gasteiger partial charge in [0.2, 0.25) is 0 Å². The molecule has 0 fully saturated rings. The Balaban J connectivity index is 1.46. The van der Waals surface area contributed by atoms with Gasteiger partial charge in [0.05, 0.1) is 17.2 Å². The first-order valence-electron chi connectivity index (χ1n) is 11.0. The van der Waals surface area contributed by atoms with Crippen LogP contribution in [0, 0.1) is 0 Å². The predicted octanol–water partition coefficient (Wildman–Crippen LogP) is 6.66. The summed E-state index contributed by atoms with van der Waals surface area (Å²) in [5, 5.41) is 0. The van der Waals surface area contributed by atoms with Gasteiger partial charge in [-0.25, -0.2) is 9.97 Å². The molecule has 3 aromatic carbocycles. The smallest absolute Gasteiger partial charge is 0.178 e. The first kappa shape index (κ1) is 20.8. The normalized spacial score (nSPS) is 11.1. The van der Waals surface area contributed by atoms with Crippen molar-refractivity contribution in [2.24, 2.45) is 0 Å². The summed E-state index contributed by atoms with van der Waals surface area (Å²) < 4.78 is 12.1. The highest BCUT2D eigenvalue weighted by atomic mass is 16.5. The number of ether oxygens (including phenoxy) is 2. The maximum Gasteiger partial charge on any atom is 0.178 e. The zero-order valence-corrected chi connectivity index (χ0v) is 18.7. The van der Waals surface area contributed by atoms with E-state index in [1.165, 1.54) is 0 Å². The second-order valence-corrected chi connectivity index (χ2v) is 8.15. The Morgan fingerprint density at radius 3 is 2.36 bits per heavy atom. The number of benzene rings is 3. The first-order chi connectivity index (χ1) is 16.2. The van der Waals surface area contributed by atoms with E-state index >= 15 is 0 Å². The van der Waals surface area contributed by atoms with E-state index in [1.807, 2.05) is 86.8 Å². The molecule has 5 aromatic rings. The second kappa shape index (κ2) is 9.17. The van der Waals surface area contributed by atoms with Gasteiger partial charge in [-0.05, 0) is 43.2 Å². The van der Waals surface area contributed by atoms with Crippen molar-refractivity contribution in [1.82, 2.24) is 15.0 Å². The molecule has 0 radical (unpaired) electrons. The first-order valence-corrected chi connectivity index (χ1v) is 11.0. The quantitative estimate of drug-likeness (QED) is 0.311. The molecule has 0 aliphatic carbocycles. The molecular formula is C28H25N3O2. The Kier molecular flexibility index (Phi) is 5.77. The van der Waals surface area contributed by atoms with Crippen LogP contribution in [0.1, 0.15) is 19.4 Å². The van der Waals surface area contributed by atoms with E-state index in [2.05, 4.69) is 28.2 Å². The molecule has 5 nitrogen and oxygen atoms in total. The largest absolute Gasteiger partial charge is 0.490 e. The van der Waals surface area contributed by atoms with Gasteiger partial charge in [0.15, 0.2) is 5.65 Å². The lowest BCUT2D eigenvalue weighted by molar-refractivity contribution is 0.240. The zero-order valence-electron chi connectivity index (χ0n) is 18.7. The van der Waals surface area contributed by atoms with Crippen LogP contribution in [0.5, 0.6) is 11.5 Å². The number of aromatic amines is 1. The van der Waals surface area contributed by atoms with Gasteiger partial charge in [0, 0.05) is 17.8 Å². The molecule has 0 aliphatic heterocycles. The third-order valence-electron chi connectivity index (χ3n) is 5.26. The summed E-state index contributed by atoms with van der Waals surface area (Å²) >= 11 is 0. The highest BCUT2D eigenvalue weighted by Crippen LogP contribution is 2.34. The van der Waals surface area contributed by atoms with E-state index in [0.29, 0.717) is 18.1 Å². The van der Waals surface area contributed by atoms with Crippen molar-refractivity contribution >= 4 is 11.2 Å². The number of pyridine rings is 1. The molecule has 2 heterocycles. The van der Waals surface area contributed by atoms with Gasteiger partial charge in [-0.3, -0.25) is 0 Å². The number of nitrogens with one attached hydrogen (secondary N) is 1. The summed E-state index contributed by atoms with van der Waals surface area (Å²) in [4.78, 5) is 12.7. The topological polar surface area (TPSA) is 60.0 Å². The highest BCUT2D eigenvalue weighted by molar-refractivity contribution is 5.82. The Morgan fingerprint density at radius 2 is 1.61 bits per heavy atom. The van der Waals surface area contributed by atoms with Crippen LogP contribution in [0.15, 0.2) is 91.1 Å². The molecule has 1 N–H and O–H groups in total. The Morgan fingerprint density at radius 1 is 0.848 bits per heavy atom. The fourth-order valence-corrected chi connectivity index (χ4v) is 3.70. The highest BCUT2D eigenvalue weighted by Gasteiger charge is 2.15. The second-order valence-electron chi connectivity index (χ2n) is 8.15. The van der Waals surface area contributed by atoms with Crippen molar-refractivity contribution in [3.8, 4) is 34.0 Å². The summed E-state index contributed by atoms with van der Waals surface area (Å²) in [7, 11) is 0. The number of aromatic nitrogens is 3. The van der Waals surface area contributed by atoms with Gasteiger partial charge in [-0.15, -0.1) is 0 Å². The maximum atomic E-state index is 6.12. The molecule has 2 aromatic heterocycles. The standard InChI is InChI=1S/C28H25N3O2/c1-19(2)33-26-16-23(32-18-20-9-5-3-6-10-20)13-14-24(26)27-30-25-15-22(17-29-28(25)31-27)21-11-7-4-8-12-21/h3-17,19H,18H2,1-2H3,(H,29,30,31). The zero-order chi connectivity index (χ0) is 22.6. The molecule has 0 unspecified atom stereocenters. The average molecular weight is 436 g/mol. The van der Waals surface area contributed by atoms with Crippen molar-refractivity contribution in [3.63, 3.8) is 0 Å². The van der Waals surface area contributed by atoms with Crippen LogP contribution in [-0.2, 0) is 6.61 Å². The number of imidazole rings is 1. The minimum absolute atomic E-state index is 0.0142. The summed E-state index contributed by atoms with van der Waals surface area (Å²) in [5.41, 5.74) is 5.70. The van der Waals surface area contributed by atoms with Gasteiger partial charge in [-0.1, -0.05) is 60.7 Å². The van der Waals surface area contributed by atoms with Crippen molar-refractivity contribution in [1.29, 1.82) is 0 Å². The molecule has 0 amide bonds. The molecule has 0 saturated heterocycles. The van der Waals surface area contributed by atoms with Gasteiger partial charge >= 0.3 is 0 Å². The lowest BCUT2D eigenvalue weighted by Gasteiger charge is -2.15. The van der Waals surface area contributed by atoms with E-state index in [0.717, 1.165) is 39.3 Å². The molecule has 0 atom stereocenters. The number of nitrogens with zero attached hydrogens (tertiary/aromatic N) is 2. The summed E-state index contributed by atoms with van der Waals surface area (Å²) in [6, 6.07) is 28.2. The van der Waals surface area contributed by atoms with E-state index in [4.69, 9.17) is 14.5 Å². The Labute approximate surface area is 193 Å². The maximum absolute atomic E-state index is 6.12. The fourth-order valence-electron chi connectivity index (χ4n) is 3.70. The van der Waals surface area contributed by atoms with E-state index in [1.54, 1.807) is 0 Å². The lowest BCUT2D eigenvalue weighted by atomic mass is 10.1. The molecule has 33 heavy (non-hydrogen) atoms. The van der Waals surface area contributed by atoms with Crippen LogP contribution in [0.3, 0.4) is 0 Å². The van der Waals surface area contributed by atoms with Gasteiger partial charge in [-0.2, -0.15) is 0 Å². The van der Waals surface area contributed by atoms with Crippen molar-refractivity contribution in [3.05, 3.63) is 96.7 Å². The molecule has 0 bridgehead atoms. The van der Waals surface area contributed by atoms with Gasteiger partial charge in [0.25, 0.3) is 0 Å². The molecule has 5 rings (SSSR count). The van der Waals surface area contributed by atoms with E-state index in [-0.39, 0.29) is 6.10 Å². The van der Waals surface area contributed by atoms with Crippen LogP contribution in [0.2, 0.25) is 0 Å². The van der Waals surface area contributed by atoms with E-state index < -0.39 is 0 Å². The minimum Gasteiger partial charge on any atom is -0.490 e. The van der Waals surface area contributed by atoms with Crippen LogP contribution >= 0.6 is 0 Å². The van der Waals surface area contributed by atoms with Crippen LogP contribution in [0.25, 0.3) is 33.7 Å². The Bertz CT molecular complexity index is 1360. The number of H-pyrrole nitrogens is 1. The van der Waals surface area contributed by atoms with Gasteiger partial charge < -0.3 is 14.5 Å². The van der Waals surface area contributed by atoms with Crippen LogP contribution in [0.4, 0.5) is 0 Å². The molecule has 164 valence electrons. The minimum atomic E-state index is 0.0142. The van der Waals surface area contributed by atoms with Crippen LogP contribution in [-0.4, -0.2) is 21.1 Å². The number of rotatable bonds is 7. The average Bonchev–Trinajstić information content (AvgIpc) is 3.27. The van der Waals surface area contributed by atoms with Crippen molar-refractivity contribution in [2.45, 2.75) is 26.6 Å². The Hall–Kier alpha value is -4.12.